The van der Waals surface area contributed by atoms with Gasteiger partial charge in [-0.05, 0) is 61.9 Å². The largest absolute Gasteiger partial charge is 0.490 e. The number of halogens is 1. The van der Waals surface area contributed by atoms with E-state index in [1.807, 2.05) is 13.8 Å². The van der Waals surface area contributed by atoms with Crippen molar-refractivity contribution in [1.29, 1.82) is 0 Å². The van der Waals surface area contributed by atoms with Gasteiger partial charge < -0.3 is 13.7 Å². The Hall–Kier alpha value is -3.37. The molecule has 0 aliphatic carbocycles. The molecular weight excluding hydrogens is 536 g/mol. The fraction of sp³-hybridized carbons (Fsp3) is 0.200. The molecule has 0 aliphatic rings. The number of nitrogens with one attached hydrogen (secondary N) is 1. The van der Waals surface area contributed by atoms with Crippen molar-refractivity contribution in [2.45, 2.75) is 25.2 Å². The Bertz CT molecular complexity index is 1300. The van der Waals surface area contributed by atoms with Crippen LogP contribution in [-0.2, 0) is 10.1 Å². The average Bonchev–Trinajstić information content (AvgIpc) is 2.85. The maximum atomic E-state index is 12.6. The van der Waals surface area contributed by atoms with Crippen molar-refractivity contribution in [3.63, 3.8) is 0 Å². The van der Waals surface area contributed by atoms with E-state index < -0.39 is 16.0 Å². The first-order valence-electron chi connectivity index (χ1n) is 10.9. The molecule has 0 fully saturated rings. The molecule has 10 heteroatoms. The standard InChI is InChI=1S/C25H25BrN2O6S/c1-3-14-33-23-12-10-18(16-24(23)32-4-2)25(29)28-27-17-19-15-20(26)11-13-22(19)34-35(30,31)21-8-6-5-7-9-21/h5-13,15-17H,3-4,14H2,1-2H3,(H,28,29)/b27-17+. The number of benzene rings is 3. The minimum Gasteiger partial charge on any atom is -0.490 e. The number of hydrazone groups is 1. The van der Waals surface area contributed by atoms with Crippen molar-refractivity contribution in [1.82, 2.24) is 5.43 Å². The Balaban J connectivity index is 1.76. The van der Waals surface area contributed by atoms with Gasteiger partial charge in [0.1, 0.15) is 4.90 Å². The van der Waals surface area contributed by atoms with E-state index in [0.717, 1.165) is 6.42 Å². The lowest BCUT2D eigenvalue weighted by molar-refractivity contribution is 0.0954. The number of ether oxygens (including phenoxy) is 2. The monoisotopic (exact) mass is 560 g/mol. The van der Waals surface area contributed by atoms with Gasteiger partial charge in [0, 0.05) is 15.6 Å². The number of carbonyl (C=O) groups excluding carboxylic acids is 1. The van der Waals surface area contributed by atoms with Crippen LogP contribution in [0.1, 0.15) is 36.2 Å². The van der Waals surface area contributed by atoms with Gasteiger partial charge in [-0.3, -0.25) is 4.79 Å². The Labute approximate surface area is 213 Å². The number of amides is 1. The molecule has 0 aliphatic heterocycles. The second-order valence-corrected chi connectivity index (χ2v) is 9.64. The summed E-state index contributed by atoms with van der Waals surface area (Å²) in [4.78, 5) is 12.6. The van der Waals surface area contributed by atoms with Crippen molar-refractivity contribution < 1.29 is 26.9 Å². The van der Waals surface area contributed by atoms with Crippen molar-refractivity contribution in [3.05, 3.63) is 82.3 Å². The summed E-state index contributed by atoms with van der Waals surface area (Å²) in [5.74, 6) is 0.611. The second-order valence-electron chi connectivity index (χ2n) is 7.17. The molecule has 0 radical (unpaired) electrons. The van der Waals surface area contributed by atoms with Crippen LogP contribution in [0.5, 0.6) is 17.2 Å². The van der Waals surface area contributed by atoms with E-state index in [1.165, 1.54) is 24.4 Å². The van der Waals surface area contributed by atoms with Gasteiger partial charge in [-0.1, -0.05) is 41.1 Å². The van der Waals surface area contributed by atoms with E-state index in [9.17, 15) is 13.2 Å². The van der Waals surface area contributed by atoms with Crippen LogP contribution in [0.15, 0.2) is 81.2 Å². The highest BCUT2D eigenvalue weighted by Crippen LogP contribution is 2.29. The maximum Gasteiger partial charge on any atom is 0.339 e. The summed E-state index contributed by atoms with van der Waals surface area (Å²) in [5, 5.41) is 3.98. The summed E-state index contributed by atoms with van der Waals surface area (Å²) in [5.41, 5.74) is 3.11. The summed E-state index contributed by atoms with van der Waals surface area (Å²) in [6.45, 7) is 4.80. The first-order valence-corrected chi connectivity index (χ1v) is 13.1. The molecule has 1 amide bonds. The van der Waals surface area contributed by atoms with E-state index in [-0.39, 0.29) is 10.6 Å². The van der Waals surface area contributed by atoms with Gasteiger partial charge in [-0.25, -0.2) is 5.43 Å². The molecule has 0 bridgehead atoms. The molecule has 3 aromatic rings. The van der Waals surface area contributed by atoms with Crippen molar-refractivity contribution in [2.24, 2.45) is 5.10 Å². The van der Waals surface area contributed by atoms with Crippen LogP contribution in [0, 0.1) is 0 Å². The smallest absolute Gasteiger partial charge is 0.339 e. The lowest BCUT2D eigenvalue weighted by Gasteiger charge is -2.12. The third-order valence-corrected chi connectivity index (χ3v) is 6.28. The highest BCUT2D eigenvalue weighted by molar-refractivity contribution is 9.10. The molecule has 0 saturated heterocycles. The van der Waals surface area contributed by atoms with Crippen LogP contribution < -0.4 is 19.1 Å². The Morgan fingerprint density at radius 1 is 0.971 bits per heavy atom. The molecule has 0 heterocycles. The maximum absolute atomic E-state index is 12.6. The number of rotatable bonds is 11. The zero-order chi connectivity index (χ0) is 25.3. The van der Waals surface area contributed by atoms with E-state index in [2.05, 4.69) is 26.5 Å². The predicted octanol–water partition coefficient (Wildman–Crippen LogP) is 5.17. The summed E-state index contributed by atoms with van der Waals surface area (Å²) in [6.07, 6.45) is 2.15. The van der Waals surface area contributed by atoms with Crippen LogP contribution >= 0.6 is 15.9 Å². The van der Waals surface area contributed by atoms with Crippen molar-refractivity contribution >= 4 is 38.2 Å². The Morgan fingerprint density at radius 3 is 2.43 bits per heavy atom. The third kappa shape index (κ3) is 7.30. The predicted molar refractivity (Wildman–Crippen MR) is 137 cm³/mol. The average molecular weight is 561 g/mol. The normalized spacial score (nSPS) is 11.3. The van der Waals surface area contributed by atoms with Crippen molar-refractivity contribution in [2.75, 3.05) is 13.2 Å². The molecule has 35 heavy (non-hydrogen) atoms. The number of hydrogen-bond acceptors (Lipinski definition) is 7. The first-order chi connectivity index (χ1) is 16.8. The fourth-order valence-corrected chi connectivity index (χ4v) is 4.28. The summed E-state index contributed by atoms with van der Waals surface area (Å²) in [6, 6.07) is 17.4. The van der Waals surface area contributed by atoms with Gasteiger partial charge in [0.25, 0.3) is 5.91 Å². The zero-order valence-corrected chi connectivity index (χ0v) is 21.6. The minimum absolute atomic E-state index is 0.0237. The molecule has 0 aromatic heterocycles. The minimum atomic E-state index is -4.04. The molecule has 0 unspecified atom stereocenters. The third-order valence-electron chi connectivity index (χ3n) is 4.54. The van der Waals surface area contributed by atoms with Gasteiger partial charge in [0.15, 0.2) is 17.2 Å². The van der Waals surface area contributed by atoms with Gasteiger partial charge in [0.05, 0.1) is 19.4 Å². The molecule has 8 nitrogen and oxygen atoms in total. The molecule has 184 valence electrons. The van der Waals surface area contributed by atoms with Crippen LogP contribution in [0.2, 0.25) is 0 Å². The summed E-state index contributed by atoms with van der Waals surface area (Å²) < 4.78 is 42.5. The van der Waals surface area contributed by atoms with Crippen LogP contribution in [0.3, 0.4) is 0 Å². The molecule has 1 N–H and O–H groups in total. The summed E-state index contributed by atoms with van der Waals surface area (Å²) >= 11 is 3.35. The van der Waals surface area contributed by atoms with Crippen LogP contribution in [-0.4, -0.2) is 33.8 Å². The first kappa shape index (κ1) is 26.2. The SMILES string of the molecule is CCCOc1ccc(C(=O)N/N=C/c2cc(Br)ccc2OS(=O)(=O)c2ccccc2)cc1OCC. The number of nitrogens with zero attached hydrogens (tertiary/aromatic N) is 1. The van der Waals surface area contributed by atoms with Crippen LogP contribution in [0.25, 0.3) is 0 Å². The topological polar surface area (TPSA) is 103 Å². The molecule has 0 atom stereocenters. The van der Waals surface area contributed by atoms with Crippen molar-refractivity contribution in [3.8, 4) is 17.2 Å². The Kier molecular flexibility index (Phi) is 9.27. The lowest BCUT2D eigenvalue weighted by Crippen LogP contribution is -2.18. The fourth-order valence-electron chi connectivity index (χ4n) is 2.92. The molecular formula is C25H25BrN2O6S. The van der Waals surface area contributed by atoms with Gasteiger partial charge >= 0.3 is 10.1 Å². The van der Waals surface area contributed by atoms with E-state index in [0.29, 0.717) is 40.3 Å². The quantitative estimate of drug-likeness (QED) is 0.197. The van der Waals surface area contributed by atoms with Gasteiger partial charge in [-0.15, -0.1) is 0 Å². The van der Waals surface area contributed by atoms with Gasteiger partial charge in [0.2, 0.25) is 0 Å². The van der Waals surface area contributed by atoms with E-state index in [1.54, 1.807) is 48.5 Å². The Morgan fingerprint density at radius 2 is 1.71 bits per heavy atom. The number of hydrogen-bond donors (Lipinski definition) is 1. The molecule has 3 aromatic carbocycles. The van der Waals surface area contributed by atoms with E-state index in [4.69, 9.17) is 13.7 Å². The van der Waals surface area contributed by atoms with Crippen LogP contribution in [0.4, 0.5) is 0 Å². The summed E-state index contributed by atoms with van der Waals surface area (Å²) in [7, 11) is -4.04. The molecule has 0 spiro atoms. The highest BCUT2D eigenvalue weighted by atomic mass is 79.9. The molecule has 0 saturated carbocycles. The highest BCUT2D eigenvalue weighted by Gasteiger charge is 2.18. The lowest BCUT2D eigenvalue weighted by atomic mass is 10.2. The zero-order valence-electron chi connectivity index (χ0n) is 19.2. The second kappa shape index (κ2) is 12.4. The number of carbonyl (C=O) groups is 1. The molecule has 3 rings (SSSR count). The van der Waals surface area contributed by atoms with E-state index >= 15 is 0 Å². The van der Waals surface area contributed by atoms with Gasteiger partial charge in [-0.2, -0.15) is 13.5 Å².